The smallest absolute Gasteiger partial charge is 0.343 e. The number of halogens is 2. The number of aryl methyl sites for hydroxylation is 1. The molecule has 9 heteroatoms. The van der Waals surface area contributed by atoms with Crippen LogP contribution in [0.15, 0.2) is 71.8 Å². The Bertz CT molecular complexity index is 1210. The van der Waals surface area contributed by atoms with Crippen LogP contribution in [0.1, 0.15) is 21.5 Å². The molecule has 0 aliphatic rings. The second-order valence-corrected chi connectivity index (χ2v) is 7.02. The van der Waals surface area contributed by atoms with Crippen molar-refractivity contribution in [1.82, 2.24) is 5.43 Å². The molecule has 0 spiro atoms. The van der Waals surface area contributed by atoms with Crippen molar-refractivity contribution in [3.63, 3.8) is 0 Å². The summed E-state index contributed by atoms with van der Waals surface area (Å²) in [6, 6.07) is 17.0. The zero-order valence-corrected chi connectivity index (χ0v) is 17.5. The van der Waals surface area contributed by atoms with Crippen LogP contribution in [0.2, 0.25) is 5.02 Å². The van der Waals surface area contributed by atoms with Gasteiger partial charge in [0.1, 0.15) is 11.6 Å². The Morgan fingerprint density at radius 2 is 1.78 bits per heavy atom. The predicted octanol–water partition coefficient (Wildman–Crippen LogP) is 4.10. The number of hydrogen-bond donors (Lipinski definition) is 2. The number of nitrogens with one attached hydrogen (secondary N) is 2. The molecular weight excluding hydrogens is 437 g/mol. The quantitative estimate of drug-likeness (QED) is 0.200. The highest BCUT2D eigenvalue weighted by molar-refractivity contribution is 6.39. The molecule has 0 heterocycles. The lowest BCUT2D eigenvalue weighted by molar-refractivity contribution is -0.136. The summed E-state index contributed by atoms with van der Waals surface area (Å²) in [7, 11) is 0. The molecule has 0 aliphatic carbocycles. The maximum absolute atomic E-state index is 13.2. The molecule has 0 bridgehead atoms. The SMILES string of the molecule is Cc1cccc(C(=O)Oc2cccc(/C=N/NC(=O)C(=O)Nc3ccc(F)c(Cl)c3)c2)c1. The zero-order valence-electron chi connectivity index (χ0n) is 16.8. The van der Waals surface area contributed by atoms with Gasteiger partial charge in [0.2, 0.25) is 0 Å². The summed E-state index contributed by atoms with van der Waals surface area (Å²) in [5.41, 5.74) is 4.10. The third kappa shape index (κ3) is 6.23. The Morgan fingerprint density at radius 3 is 2.53 bits per heavy atom. The van der Waals surface area contributed by atoms with Crippen LogP contribution in [0.3, 0.4) is 0 Å². The van der Waals surface area contributed by atoms with Crippen molar-refractivity contribution in [3.05, 3.63) is 94.3 Å². The summed E-state index contributed by atoms with van der Waals surface area (Å²) >= 11 is 5.63. The number of esters is 1. The van der Waals surface area contributed by atoms with Gasteiger partial charge in [-0.3, -0.25) is 9.59 Å². The van der Waals surface area contributed by atoms with Crippen molar-refractivity contribution < 1.29 is 23.5 Å². The van der Waals surface area contributed by atoms with Crippen LogP contribution in [-0.4, -0.2) is 24.0 Å². The average molecular weight is 454 g/mol. The minimum Gasteiger partial charge on any atom is -0.423 e. The number of carbonyl (C=O) groups excluding carboxylic acids is 3. The zero-order chi connectivity index (χ0) is 23.1. The topological polar surface area (TPSA) is 96.9 Å². The van der Waals surface area contributed by atoms with Crippen LogP contribution in [0, 0.1) is 12.7 Å². The maximum atomic E-state index is 13.2. The number of hydrazone groups is 1. The summed E-state index contributed by atoms with van der Waals surface area (Å²) in [6.45, 7) is 1.87. The van der Waals surface area contributed by atoms with E-state index in [1.807, 2.05) is 13.0 Å². The van der Waals surface area contributed by atoms with E-state index in [1.165, 1.54) is 18.3 Å². The summed E-state index contributed by atoms with van der Waals surface area (Å²) in [4.78, 5) is 36.0. The third-order valence-electron chi connectivity index (χ3n) is 4.09. The monoisotopic (exact) mass is 453 g/mol. The Hall–Kier alpha value is -4.04. The van der Waals surface area contributed by atoms with Crippen molar-refractivity contribution >= 4 is 41.3 Å². The molecule has 32 heavy (non-hydrogen) atoms. The summed E-state index contributed by atoms with van der Waals surface area (Å²) in [5, 5.41) is 5.80. The van der Waals surface area contributed by atoms with Crippen LogP contribution < -0.4 is 15.5 Å². The first-order valence-electron chi connectivity index (χ1n) is 9.30. The lowest BCUT2D eigenvalue weighted by Gasteiger charge is -2.06. The molecule has 0 aromatic heterocycles. The fourth-order valence-corrected chi connectivity index (χ4v) is 2.75. The number of ether oxygens (including phenoxy) is 1. The van der Waals surface area contributed by atoms with E-state index in [-0.39, 0.29) is 16.5 Å². The highest BCUT2D eigenvalue weighted by Gasteiger charge is 2.14. The first-order chi connectivity index (χ1) is 15.3. The number of anilines is 1. The van der Waals surface area contributed by atoms with E-state index in [9.17, 15) is 18.8 Å². The molecule has 162 valence electrons. The number of nitrogens with zero attached hydrogens (tertiary/aromatic N) is 1. The molecule has 0 fully saturated rings. The van der Waals surface area contributed by atoms with Crippen molar-refractivity contribution in [1.29, 1.82) is 0 Å². The summed E-state index contributed by atoms with van der Waals surface area (Å²) < 4.78 is 18.5. The van der Waals surface area contributed by atoms with Gasteiger partial charge in [0.25, 0.3) is 0 Å². The normalized spacial score (nSPS) is 10.6. The van der Waals surface area contributed by atoms with Gasteiger partial charge in [-0.15, -0.1) is 0 Å². The van der Waals surface area contributed by atoms with Crippen LogP contribution in [0.5, 0.6) is 5.75 Å². The molecule has 2 N–H and O–H groups in total. The molecule has 0 radical (unpaired) electrons. The Balaban J connectivity index is 1.57. The molecule has 3 aromatic rings. The van der Waals surface area contributed by atoms with E-state index in [1.54, 1.807) is 42.5 Å². The van der Waals surface area contributed by atoms with E-state index in [0.29, 0.717) is 11.1 Å². The standard InChI is InChI=1S/C23H17ClFN3O4/c1-14-4-2-6-16(10-14)23(31)32-18-7-3-5-15(11-18)13-26-28-22(30)21(29)27-17-8-9-20(25)19(24)12-17/h2-13H,1H3,(H,27,29)(H,28,30)/b26-13+. The number of hydrogen-bond acceptors (Lipinski definition) is 5. The molecule has 0 atom stereocenters. The van der Waals surface area contributed by atoms with Gasteiger partial charge in [0, 0.05) is 5.69 Å². The van der Waals surface area contributed by atoms with Gasteiger partial charge in [0.05, 0.1) is 16.8 Å². The Kier molecular flexibility index (Phi) is 7.30. The van der Waals surface area contributed by atoms with Crippen molar-refractivity contribution in [2.75, 3.05) is 5.32 Å². The number of benzene rings is 3. The second-order valence-electron chi connectivity index (χ2n) is 6.61. The Labute approximate surface area is 187 Å². The molecule has 0 unspecified atom stereocenters. The summed E-state index contributed by atoms with van der Waals surface area (Å²) in [6.07, 6.45) is 1.28. The van der Waals surface area contributed by atoms with Gasteiger partial charge in [0.15, 0.2) is 0 Å². The Morgan fingerprint density at radius 1 is 1.00 bits per heavy atom. The van der Waals surface area contributed by atoms with E-state index >= 15 is 0 Å². The van der Waals surface area contributed by atoms with Crippen molar-refractivity contribution in [3.8, 4) is 5.75 Å². The van der Waals surface area contributed by atoms with Crippen LogP contribution in [-0.2, 0) is 9.59 Å². The van der Waals surface area contributed by atoms with Crippen molar-refractivity contribution in [2.24, 2.45) is 5.10 Å². The molecule has 0 aliphatic heterocycles. The van der Waals surface area contributed by atoms with E-state index in [2.05, 4.69) is 15.8 Å². The van der Waals surface area contributed by atoms with Crippen molar-refractivity contribution in [2.45, 2.75) is 6.92 Å². The van der Waals surface area contributed by atoms with Gasteiger partial charge >= 0.3 is 17.8 Å². The highest BCUT2D eigenvalue weighted by Crippen LogP contribution is 2.19. The fourth-order valence-electron chi connectivity index (χ4n) is 2.57. The predicted molar refractivity (Wildman–Crippen MR) is 118 cm³/mol. The largest absolute Gasteiger partial charge is 0.423 e. The third-order valence-corrected chi connectivity index (χ3v) is 4.38. The summed E-state index contributed by atoms with van der Waals surface area (Å²) in [5.74, 6) is -2.91. The average Bonchev–Trinajstić information content (AvgIpc) is 2.76. The minimum absolute atomic E-state index is 0.156. The van der Waals surface area contributed by atoms with E-state index < -0.39 is 23.6 Å². The maximum Gasteiger partial charge on any atom is 0.343 e. The molecule has 0 saturated heterocycles. The lowest BCUT2D eigenvalue weighted by Crippen LogP contribution is -2.32. The number of carbonyl (C=O) groups is 3. The van der Waals surface area contributed by atoms with E-state index in [0.717, 1.165) is 11.6 Å². The second kappa shape index (κ2) is 10.3. The van der Waals surface area contributed by atoms with Gasteiger partial charge in [-0.05, 0) is 55.0 Å². The van der Waals surface area contributed by atoms with E-state index in [4.69, 9.17) is 16.3 Å². The van der Waals surface area contributed by atoms with Crippen LogP contribution in [0.4, 0.5) is 10.1 Å². The van der Waals surface area contributed by atoms with Gasteiger partial charge in [-0.1, -0.05) is 41.4 Å². The van der Waals surface area contributed by atoms with Crippen LogP contribution >= 0.6 is 11.6 Å². The number of amides is 2. The van der Waals surface area contributed by atoms with Gasteiger partial charge < -0.3 is 10.1 Å². The first-order valence-corrected chi connectivity index (χ1v) is 9.68. The minimum atomic E-state index is -1.04. The lowest BCUT2D eigenvalue weighted by atomic mass is 10.1. The molecule has 2 amide bonds. The van der Waals surface area contributed by atoms with Crippen LogP contribution in [0.25, 0.3) is 0 Å². The van der Waals surface area contributed by atoms with Gasteiger partial charge in [-0.25, -0.2) is 14.6 Å². The highest BCUT2D eigenvalue weighted by atomic mass is 35.5. The molecule has 3 rings (SSSR count). The first kappa shape index (κ1) is 22.6. The molecule has 7 nitrogen and oxygen atoms in total. The van der Waals surface area contributed by atoms with Gasteiger partial charge in [-0.2, -0.15) is 5.10 Å². The molecule has 3 aromatic carbocycles. The number of rotatable bonds is 5. The molecular formula is C23H17ClFN3O4. The fraction of sp³-hybridized carbons (Fsp3) is 0.0435. The molecule has 0 saturated carbocycles.